The molecule has 0 saturated heterocycles. The molecule has 1 aromatic rings. The third kappa shape index (κ3) is 1.43. The van der Waals surface area contributed by atoms with Gasteiger partial charge in [0.1, 0.15) is 0 Å². The molecular weight excluding hydrogens is 194 g/mol. The lowest BCUT2D eigenvalue weighted by molar-refractivity contribution is -0.148. The van der Waals surface area contributed by atoms with Gasteiger partial charge < -0.3 is 10.5 Å². The number of fused-ring (bicyclic) bond motifs is 1. The molecule has 0 amide bonds. The van der Waals surface area contributed by atoms with Gasteiger partial charge in [0, 0.05) is 13.2 Å². The first-order chi connectivity index (χ1) is 7.08. The summed E-state index contributed by atoms with van der Waals surface area (Å²) in [5, 5.41) is 4.26. The summed E-state index contributed by atoms with van der Waals surface area (Å²) in [6.45, 7) is 0. The van der Waals surface area contributed by atoms with E-state index in [4.69, 9.17) is 10.5 Å². The second kappa shape index (κ2) is 3.34. The van der Waals surface area contributed by atoms with Gasteiger partial charge in [0.05, 0.1) is 12.8 Å². The maximum absolute atomic E-state index is 11.7. The summed E-state index contributed by atoms with van der Waals surface area (Å²) in [5.41, 5.74) is 6.76. The van der Waals surface area contributed by atoms with Crippen LogP contribution in [0.3, 0.4) is 0 Å². The van der Waals surface area contributed by atoms with Crippen LogP contribution >= 0.6 is 0 Å². The van der Waals surface area contributed by atoms with Crippen LogP contribution in [0.2, 0.25) is 0 Å². The smallest absolute Gasteiger partial charge is 0.332 e. The molecule has 1 unspecified atom stereocenters. The second-order valence-corrected chi connectivity index (χ2v) is 3.99. The van der Waals surface area contributed by atoms with Gasteiger partial charge in [0.25, 0.3) is 0 Å². The molecule has 1 aromatic heterocycles. The number of carbonyl (C=O) groups is 1. The lowest BCUT2D eigenvalue weighted by atomic mass is 9.82. The zero-order chi connectivity index (χ0) is 11.1. The summed E-state index contributed by atoms with van der Waals surface area (Å²) in [5.74, 6) is -0.401. The molecule has 1 aliphatic carbocycles. The lowest BCUT2D eigenvalue weighted by Gasteiger charge is -2.29. The molecule has 5 heteroatoms. The molecule has 0 aliphatic heterocycles. The molecule has 2 N–H and O–H groups in total. The van der Waals surface area contributed by atoms with Crippen LogP contribution in [0.15, 0.2) is 6.20 Å². The Hall–Kier alpha value is -1.36. The number of nitrogens with two attached hydrogens (primary N) is 1. The molecule has 1 atom stereocenters. The van der Waals surface area contributed by atoms with Gasteiger partial charge in [0.2, 0.25) is 0 Å². The summed E-state index contributed by atoms with van der Waals surface area (Å²) < 4.78 is 6.44. The van der Waals surface area contributed by atoms with E-state index in [0.717, 1.165) is 18.4 Å². The molecule has 0 fully saturated rings. The van der Waals surface area contributed by atoms with Gasteiger partial charge in [-0.3, -0.25) is 4.68 Å². The third-order valence-electron chi connectivity index (χ3n) is 2.89. The number of aryl methyl sites for hydroxylation is 2. The third-order valence-corrected chi connectivity index (χ3v) is 2.89. The summed E-state index contributed by atoms with van der Waals surface area (Å²) in [6, 6.07) is 0. The first-order valence-corrected chi connectivity index (χ1v) is 4.98. The quantitative estimate of drug-likeness (QED) is 0.665. The molecule has 0 radical (unpaired) electrons. The van der Waals surface area contributed by atoms with Gasteiger partial charge in [0.15, 0.2) is 5.54 Å². The van der Waals surface area contributed by atoms with Crippen LogP contribution in [-0.2, 0) is 28.5 Å². The highest BCUT2D eigenvalue weighted by Crippen LogP contribution is 2.32. The number of hydrogen-bond donors (Lipinski definition) is 1. The minimum atomic E-state index is -1.05. The van der Waals surface area contributed by atoms with Gasteiger partial charge in [-0.15, -0.1) is 0 Å². The largest absolute Gasteiger partial charge is 0.467 e. The molecule has 5 nitrogen and oxygen atoms in total. The fraction of sp³-hybridized carbons (Fsp3) is 0.600. The molecule has 0 bridgehead atoms. The Kier molecular flexibility index (Phi) is 2.26. The first kappa shape index (κ1) is 10.2. The Bertz CT molecular complexity index is 399. The van der Waals surface area contributed by atoms with Gasteiger partial charge in [-0.25, -0.2) is 4.79 Å². The van der Waals surface area contributed by atoms with Crippen LogP contribution in [-0.4, -0.2) is 22.9 Å². The summed E-state index contributed by atoms with van der Waals surface area (Å²) in [4.78, 5) is 11.7. The van der Waals surface area contributed by atoms with Crippen molar-refractivity contribution in [1.82, 2.24) is 9.78 Å². The predicted molar refractivity (Wildman–Crippen MR) is 54.0 cm³/mol. The van der Waals surface area contributed by atoms with Crippen molar-refractivity contribution in [2.24, 2.45) is 12.8 Å². The second-order valence-electron chi connectivity index (χ2n) is 3.99. The minimum absolute atomic E-state index is 0.401. The van der Waals surface area contributed by atoms with E-state index in [2.05, 4.69) is 5.10 Å². The monoisotopic (exact) mass is 209 g/mol. The van der Waals surface area contributed by atoms with Crippen LogP contribution in [0.1, 0.15) is 24.1 Å². The number of esters is 1. The number of aromatic nitrogens is 2. The van der Waals surface area contributed by atoms with Crippen molar-refractivity contribution in [2.45, 2.75) is 24.8 Å². The number of rotatable bonds is 1. The maximum atomic E-state index is 11.7. The van der Waals surface area contributed by atoms with E-state index in [1.165, 1.54) is 7.11 Å². The van der Waals surface area contributed by atoms with Crippen LogP contribution in [0.5, 0.6) is 0 Å². The molecule has 0 aromatic carbocycles. The van der Waals surface area contributed by atoms with Crippen molar-refractivity contribution in [2.75, 3.05) is 7.11 Å². The average Bonchev–Trinajstić information content (AvgIpc) is 2.59. The van der Waals surface area contributed by atoms with Crippen LogP contribution < -0.4 is 5.73 Å². The first-order valence-electron chi connectivity index (χ1n) is 4.98. The molecular formula is C10H15N3O2. The maximum Gasteiger partial charge on any atom is 0.332 e. The molecule has 15 heavy (non-hydrogen) atoms. The lowest BCUT2D eigenvalue weighted by Crippen LogP contribution is -2.48. The normalized spacial score (nSPS) is 24.7. The Morgan fingerprint density at radius 2 is 2.47 bits per heavy atom. The standard InChI is InChI=1S/C10H15N3O2/c1-13-6-7-4-3-5-10(11,8(7)12-13)9(14)15-2/h6H,3-5,11H2,1-2H3. The minimum Gasteiger partial charge on any atom is -0.467 e. The number of hydrogen-bond acceptors (Lipinski definition) is 4. The van der Waals surface area contributed by atoms with Crippen molar-refractivity contribution in [3.05, 3.63) is 17.5 Å². The fourth-order valence-electron chi connectivity index (χ4n) is 2.15. The predicted octanol–water partition coefficient (Wildman–Crippen LogP) is 0.0834. The topological polar surface area (TPSA) is 70.1 Å². The zero-order valence-corrected chi connectivity index (χ0v) is 8.99. The van der Waals surface area contributed by atoms with Crippen molar-refractivity contribution < 1.29 is 9.53 Å². The highest BCUT2D eigenvalue weighted by atomic mass is 16.5. The number of carbonyl (C=O) groups excluding carboxylic acids is 1. The van der Waals surface area contributed by atoms with Gasteiger partial charge in [-0.2, -0.15) is 5.10 Å². The summed E-state index contributed by atoms with van der Waals surface area (Å²) in [7, 11) is 3.18. The Balaban J connectivity index is 2.48. The van der Waals surface area contributed by atoms with E-state index in [9.17, 15) is 4.79 Å². The summed E-state index contributed by atoms with van der Waals surface area (Å²) in [6.07, 6.45) is 4.34. The van der Waals surface area contributed by atoms with Crippen molar-refractivity contribution in [3.8, 4) is 0 Å². The molecule has 1 aliphatic rings. The van der Waals surface area contributed by atoms with E-state index in [1.54, 1.807) is 4.68 Å². The van der Waals surface area contributed by atoms with Gasteiger partial charge >= 0.3 is 5.97 Å². The van der Waals surface area contributed by atoms with Crippen molar-refractivity contribution in [1.29, 1.82) is 0 Å². The van der Waals surface area contributed by atoms with Crippen molar-refractivity contribution in [3.63, 3.8) is 0 Å². The van der Waals surface area contributed by atoms with E-state index >= 15 is 0 Å². The van der Waals surface area contributed by atoms with E-state index in [0.29, 0.717) is 12.1 Å². The number of methoxy groups -OCH3 is 1. The SMILES string of the molecule is COC(=O)C1(N)CCCc2cn(C)nc21. The van der Waals surface area contributed by atoms with E-state index < -0.39 is 11.5 Å². The van der Waals surface area contributed by atoms with E-state index in [1.807, 2.05) is 13.2 Å². The van der Waals surface area contributed by atoms with E-state index in [-0.39, 0.29) is 0 Å². The van der Waals surface area contributed by atoms with Gasteiger partial charge in [-0.1, -0.05) is 0 Å². The number of ether oxygens (including phenoxy) is 1. The Morgan fingerprint density at radius 1 is 1.73 bits per heavy atom. The average molecular weight is 209 g/mol. The van der Waals surface area contributed by atoms with Crippen LogP contribution in [0, 0.1) is 0 Å². The van der Waals surface area contributed by atoms with Crippen molar-refractivity contribution >= 4 is 5.97 Å². The Morgan fingerprint density at radius 3 is 3.13 bits per heavy atom. The molecule has 0 spiro atoms. The highest BCUT2D eigenvalue weighted by molar-refractivity contribution is 5.82. The van der Waals surface area contributed by atoms with Crippen LogP contribution in [0.25, 0.3) is 0 Å². The zero-order valence-electron chi connectivity index (χ0n) is 8.99. The summed E-state index contributed by atoms with van der Waals surface area (Å²) >= 11 is 0. The molecule has 82 valence electrons. The Labute approximate surface area is 88.2 Å². The molecule has 0 saturated carbocycles. The molecule has 2 rings (SSSR count). The fourth-order valence-corrected chi connectivity index (χ4v) is 2.15. The highest BCUT2D eigenvalue weighted by Gasteiger charge is 2.43. The van der Waals surface area contributed by atoms with Gasteiger partial charge in [-0.05, 0) is 24.8 Å². The molecule has 1 heterocycles. The number of nitrogens with zero attached hydrogens (tertiary/aromatic N) is 2. The van der Waals surface area contributed by atoms with Crippen LogP contribution in [0.4, 0.5) is 0 Å².